The molecular weight excluding hydrogens is 315 g/mol. The SMILES string of the molecule is CCC1(Cn2c(CCCl)nc3cc(Cl)c(Cl)cc32)CC1. The maximum absolute atomic E-state index is 6.17. The lowest BCUT2D eigenvalue weighted by Gasteiger charge is -2.16. The number of rotatable bonds is 5. The van der Waals surface area contributed by atoms with E-state index in [0.29, 0.717) is 21.3 Å². The summed E-state index contributed by atoms with van der Waals surface area (Å²) < 4.78 is 2.29. The summed E-state index contributed by atoms with van der Waals surface area (Å²) in [6, 6.07) is 3.77. The van der Waals surface area contributed by atoms with E-state index in [2.05, 4.69) is 16.5 Å². The van der Waals surface area contributed by atoms with Gasteiger partial charge in [-0.1, -0.05) is 30.1 Å². The van der Waals surface area contributed by atoms with Gasteiger partial charge in [-0.2, -0.15) is 0 Å². The number of alkyl halides is 1. The fourth-order valence-electron chi connectivity index (χ4n) is 2.76. The number of halogens is 3. The van der Waals surface area contributed by atoms with Crippen LogP contribution in [0.3, 0.4) is 0 Å². The van der Waals surface area contributed by atoms with E-state index >= 15 is 0 Å². The summed E-state index contributed by atoms with van der Waals surface area (Å²) in [6.07, 6.45) is 4.56. The number of benzene rings is 1. The number of aromatic nitrogens is 2. The van der Waals surface area contributed by atoms with Gasteiger partial charge in [-0.05, 0) is 36.8 Å². The van der Waals surface area contributed by atoms with Crippen LogP contribution in [-0.4, -0.2) is 15.4 Å². The minimum atomic E-state index is 0.445. The summed E-state index contributed by atoms with van der Waals surface area (Å²) in [4.78, 5) is 4.69. The number of hydrogen-bond acceptors (Lipinski definition) is 1. The van der Waals surface area contributed by atoms with Crippen LogP contribution < -0.4 is 0 Å². The van der Waals surface area contributed by atoms with Gasteiger partial charge in [0.25, 0.3) is 0 Å². The highest BCUT2D eigenvalue weighted by Crippen LogP contribution is 2.50. The molecule has 108 valence electrons. The molecule has 0 bridgehead atoms. The van der Waals surface area contributed by atoms with Crippen molar-refractivity contribution in [1.29, 1.82) is 0 Å². The fraction of sp³-hybridized carbons (Fsp3) is 0.533. The molecule has 0 spiro atoms. The van der Waals surface area contributed by atoms with E-state index in [0.717, 1.165) is 29.8 Å². The molecule has 20 heavy (non-hydrogen) atoms. The number of imidazole rings is 1. The fourth-order valence-corrected chi connectivity index (χ4v) is 3.24. The van der Waals surface area contributed by atoms with Gasteiger partial charge in [-0.25, -0.2) is 4.98 Å². The molecule has 1 aliphatic rings. The van der Waals surface area contributed by atoms with Crippen molar-refractivity contribution in [3.05, 3.63) is 28.0 Å². The number of hydrogen-bond donors (Lipinski definition) is 0. The molecule has 1 aliphatic carbocycles. The lowest BCUT2D eigenvalue weighted by Crippen LogP contribution is -2.13. The summed E-state index contributed by atoms with van der Waals surface area (Å²) in [5.41, 5.74) is 2.42. The van der Waals surface area contributed by atoms with Gasteiger partial charge >= 0.3 is 0 Å². The smallest absolute Gasteiger partial charge is 0.111 e. The molecule has 2 nitrogen and oxygen atoms in total. The van der Waals surface area contributed by atoms with Crippen LogP contribution in [0.4, 0.5) is 0 Å². The van der Waals surface area contributed by atoms with Gasteiger partial charge in [0, 0.05) is 18.8 Å². The van der Waals surface area contributed by atoms with Gasteiger partial charge in [0.2, 0.25) is 0 Å². The first kappa shape index (κ1) is 14.5. The maximum atomic E-state index is 6.17. The Balaban J connectivity index is 2.10. The Morgan fingerprint density at radius 1 is 1.25 bits per heavy atom. The third kappa shape index (κ3) is 2.54. The lowest BCUT2D eigenvalue weighted by molar-refractivity contribution is 0.408. The van der Waals surface area contributed by atoms with Gasteiger partial charge in [0.15, 0.2) is 0 Å². The Bertz CT molecular complexity index is 644. The first-order valence-corrected chi connectivity index (χ1v) is 8.28. The second-order valence-electron chi connectivity index (χ2n) is 5.66. The molecule has 0 amide bonds. The van der Waals surface area contributed by atoms with E-state index in [1.54, 1.807) is 0 Å². The van der Waals surface area contributed by atoms with Gasteiger partial charge in [-0.15, -0.1) is 11.6 Å². The average molecular weight is 332 g/mol. The minimum Gasteiger partial charge on any atom is -0.327 e. The van der Waals surface area contributed by atoms with E-state index in [4.69, 9.17) is 34.8 Å². The number of nitrogens with zero attached hydrogens (tertiary/aromatic N) is 2. The maximum Gasteiger partial charge on any atom is 0.111 e. The Kier molecular flexibility index (Phi) is 3.91. The molecule has 0 atom stereocenters. The van der Waals surface area contributed by atoms with Crippen LogP contribution in [0.1, 0.15) is 32.0 Å². The van der Waals surface area contributed by atoms with E-state index in [9.17, 15) is 0 Å². The van der Waals surface area contributed by atoms with Gasteiger partial charge in [-0.3, -0.25) is 0 Å². The van der Waals surface area contributed by atoms with Gasteiger partial charge < -0.3 is 4.57 Å². The van der Waals surface area contributed by atoms with E-state index in [1.165, 1.54) is 19.3 Å². The predicted molar refractivity (Wildman–Crippen MR) is 86.1 cm³/mol. The summed E-state index contributed by atoms with van der Waals surface area (Å²) in [5, 5.41) is 1.14. The zero-order valence-corrected chi connectivity index (χ0v) is 13.7. The molecule has 1 saturated carbocycles. The zero-order valence-electron chi connectivity index (χ0n) is 11.4. The predicted octanol–water partition coefficient (Wildman–Crippen LogP) is 5.31. The van der Waals surface area contributed by atoms with Crippen molar-refractivity contribution in [2.75, 3.05) is 5.88 Å². The Morgan fingerprint density at radius 3 is 2.55 bits per heavy atom. The van der Waals surface area contributed by atoms with E-state index in [-0.39, 0.29) is 0 Å². The first-order chi connectivity index (χ1) is 9.58. The van der Waals surface area contributed by atoms with Crippen LogP contribution in [-0.2, 0) is 13.0 Å². The zero-order chi connectivity index (χ0) is 14.3. The molecule has 0 N–H and O–H groups in total. The monoisotopic (exact) mass is 330 g/mol. The van der Waals surface area contributed by atoms with Crippen LogP contribution in [0.25, 0.3) is 11.0 Å². The van der Waals surface area contributed by atoms with Crippen molar-refractivity contribution in [3.63, 3.8) is 0 Å². The molecule has 1 aromatic carbocycles. The van der Waals surface area contributed by atoms with Crippen molar-refractivity contribution in [2.24, 2.45) is 5.41 Å². The lowest BCUT2D eigenvalue weighted by atomic mass is 10.0. The highest BCUT2D eigenvalue weighted by molar-refractivity contribution is 6.42. The number of aryl methyl sites for hydroxylation is 1. The second kappa shape index (κ2) is 5.40. The van der Waals surface area contributed by atoms with Crippen LogP contribution in [0.15, 0.2) is 12.1 Å². The number of fused-ring (bicyclic) bond motifs is 1. The molecule has 3 rings (SSSR count). The summed E-state index contributed by atoms with van der Waals surface area (Å²) in [5.74, 6) is 1.61. The van der Waals surface area contributed by atoms with Crippen molar-refractivity contribution in [2.45, 2.75) is 39.2 Å². The molecule has 0 radical (unpaired) electrons. The second-order valence-corrected chi connectivity index (χ2v) is 6.85. The van der Waals surface area contributed by atoms with Crippen LogP contribution in [0, 0.1) is 5.41 Å². The van der Waals surface area contributed by atoms with Crippen LogP contribution in [0.5, 0.6) is 0 Å². The summed E-state index contributed by atoms with van der Waals surface area (Å²) >= 11 is 18.2. The van der Waals surface area contributed by atoms with Crippen molar-refractivity contribution in [1.82, 2.24) is 9.55 Å². The van der Waals surface area contributed by atoms with Crippen molar-refractivity contribution < 1.29 is 0 Å². The first-order valence-electron chi connectivity index (χ1n) is 6.99. The normalized spacial score (nSPS) is 16.8. The average Bonchev–Trinajstić information content (AvgIpc) is 3.13. The third-order valence-electron chi connectivity index (χ3n) is 4.39. The van der Waals surface area contributed by atoms with Gasteiger partial charge in [0.1, 0.15) is 5.82 Å². The summed E-state index contributed by atoms with van der Waals surface area (Å²) in [6.45, 7) is 3.27. The van der Waals surface area contributed by atoms with E-state index < -0.39 is 0 Å². The quantitative estimate of drug-likeness (QED) is 0.678. The Morgan fingerprint density at radius 2 is 1.95 bits per heavy atom. The molecule has 0 unspecified atom stereocenters. The highest BCUT2D eigenvalue weighted by atomic mass is 35.5. The van der Waals surface area contributed by atoms with Crippen molar-refractivity contribution in [3.8, 4) is 0 Å². The molecule has 1 fully saturated rings. The standard InChI is InChI=1S/C15H17Cl3N2/c1-2-15(4-5-15)9-20-13-8-11(18)10(17)7-12(13)19-14(20)3-6-16/h7-8H,2-6,9H2,1H3. The highest BCUT2D eigenvalue weighted by Gasteiger charge is 2.41. The molecule has 1 aromatic heterocycles. The topological polar surface area (TPSA) is 17.8 Å². The largest absolute Gasteiger partial charge is 0.327 e. The molecule has 1 heterocycles. The molecular formula is C15H17Cl3N2. The van der Waals surface area contributed by atoms with Crippen LogP contribution in [0.2, 0.25) is 10.0 Å². The molecule has 2 aromatic rings. The molecule has 0 saturated heterocycles. The third-order valence-corrected chi connectivity index (χ3v) is 5.30. The molecule has 5 heteroatoms. The Hall–Kier alpha value is -0.440. The van der Waals surface area contributed by atoms with Crippen LogP contribution >= 0.6 is 34.8 Å². The van der Waals surface area contributed by atoms with E-state index in [1.807, 2.05) is 12.1 Å². The summed E-state index contributed by atoms with van der Waals surface area (Å²) in [7, 11) is 0. The van der Waals surface area contributed by atoms with Gasteiger partial charge in [0.05, 0.1) is 21.1 Å². The van der Waals surface area contributed by atoms with Crippen molar-refractivity contribution >= 4 is 45.8 Å². The molecule has 0 aliphatic heterocycles. The Labute approximate surface area is 134 Å². The minimum absolute atomic E-state index is 0.445.